The first-order chi connectivity index (χ1) is 9.72. The Morgan fingerprint density at radius 3 is 2.67 bits per heavy atom. The predicted octanol–water partition coefficient (Wildman–Crippen LogP) is 3.47. The standard InChI is InChI=1S/C17H26N2O.ClH/c1-14-8-10-15(11-9-14)16-6-3-4-13-19(16)17(20)7-5-12-18-2;/h8-11,16,18H,3-7,12-13H2,1-2H3;1H. The van der Waals surface area contributed by atoms with Crippen molar-refractivity contribution in [3.63, 3.8) is 0 Å². The fourth-order valence-electron chi connectivity index (χ4n) is 2.93. The summed E-state index contributed by atoms with van der Waals surface area (Å²) in [6, 6.07) is 8.94. The van der Waals surface area contributed by atoms with E-state index < -0.39 is 0 Å². The fourth-order valence-corrected chi connectivity index (χ4v) is 2.93. The first-order valence-corrected chi connectivity index (χ1v) is 7.73. The number of benzene rings is 1. The molecule has 1 unspecified atom stereocenters. The van der Waals surface area contributed by atoms with Crippen LogP contribution >= 0.6 is 12.4 Å². The molecule has 21 heavy (non-hydrogen) atoms. The van der Waals surface area contributed by atoms with Crippen LogP contribution in [0.1, 0.15) is 49.3 Å². The Balaban J connectivity index is 0.00000220. The minimum atomic E-state index is 0. The molecule has 1 aromatic carbocycles. The Labute approximate surface area is 134 Å². The molecule has 1 fully saturated rings. The Hall–Kier alpha value is -1.06. The number of nitrogens with one attached hydrogen (secondary N) is 1. The lowest BCUT2D eigenvalue weighted by Crippen LogP contribution is -2.38. The normalized spacial score (nSPS) is 18.2. The zero-order chi connectivity index (χ0) is 14.4. The lowest BCUT2D eigenvalue weighted by molar-refractivity contribution is -0.135. The SMILES string of the molecule is CNCCCC(=O)N1CCCCC1c1ccc(C)cc1.Cl. The molecule has 0 bridgehead atoms. The van der Waals surface area contributed by atoms with Crippen molar-refractivity contribution in [2.75, 3.05) is 20.1 Å². The smallest absolute Gasteiger partial charge is 0.223 e. The van der Waals surface area contributed by atoms with Gasteiger partial charge in [0.1, 0.15) is 0 Å². The summed E-state index contributed by atoms with van der Waals surface area (Å²) in [4.78, 5) is 14.5. The number of amides is 1. The monoisotopic (exact) mass is 310 g/mol. The lowest BCUT2D eigenvalue weighted by Gasteiger charge is -2.36. The average Bonchev–Trinajstić information content (AvgIpc) is 2.48. The number of rotatable bonds is 5. The minimum absolute atomic E-state index is 0. The predicted molar refractivity (Wildman–Crippen MR) is 89.9 cm³/mol. The second-order valence-electron chi connectivity index (χ2n) is 5.72. The summed E-state index contributed by atoms with van der Waals surface area (Å²) in [6.45, 7) is 3.93. The maximum absolute atomic E-state index is 12.4. The topological polar surface area (TPSA) is 32.3 Å². The molecular weight excluding hydrogens is 284 g/mol. The first kappa shape index (κ1) is 18.0. The summed E-state index contributed by atoms with van der Waals surface area (Å²) in [5.41, 5.74) is 2.56. The van der Waals surface area contributed by atoms with E-state index in [0.29, 0.717) is 12.3 Å². The van der Waals surface area contributed by atoms with E-state index in [1.165, 1.54) is 17.5 Å². The second kappa shape index (κ2) is 9.06. The van der Waals surface area contributed by atoms with Gasteiger partial charge in [0.2, 0.25) is 5.91 Å². The number of hydrogen-bond acceptors (Lipinski definition) is 2. The van der Waals surface area contributed by atoms with Gasteiger partial charge in [0.15, 0.2) is 0 Å². The van der Waals surface area contributed by atoms with Gasteiger partial charge in [0, 0.05) is 13.0 Å². The maximum Gasteiger partial charge on any atom is 0.223 e. The van der Waals surface area contributed by atoms with Crippen molar-refractivity contribution in [2.45, 2.75) is 45.1 Å². The van der Waals surface area contributed by atoms with Crippen molar-refractivity contribution in [1.82, 2.24) is 10.2 Å². The highest BCUT2D eigenvalue weighted by atomic mass is 35.5. The van der Waals surface area contributed by atoms with Crippen LogP contribution in [0.5, 0.6) is 0 Å². The first-order valence-electron chi connectivity index (χ1n) is 7.73. The summed E-state index contributed by atoms with van der Waals surface area (Å²) >= 11 is 0. The van der Waals surface area contributed by atoms with Crippen LogP contribution in [0.2, 0.25) is 0 Å². The van der Waals surface area contributed by atoms with E-state index in [9.17, 15) is 4.79 Å². The Kier molecular flexibility index (Phi) is 7.76. The van der Waals surface area contributed by atoms with Crippen LogP contribution in [0, 0.1) is 6.92 Å². The molecule has 0 aliphatic carbocycles. The van der Waals surface area contributed by atoms with E-state index in [2.05, 4.69) is 41.4 Å². The molecule has 0 saturated carbocycles. The van der Waals surface area contributed by atoms with Gasteiger partial charge in [-0.05, 0) is 51.8 Å². The van der Waals surface area contributed by atoms with Crippen molar-refractivity contribution in [1.29, 1.82) is 0 Å². The number of likely N-dealkylation sites (tertiary alicyclic amines) is 1. The third-order valence-corrected chi connectivity index (χ3v) is 4.10. The van der Waals surface area contributed by atoms with E-state index in [4.69, 9.17) is 0 Å². The van der Waals surface area contributed by atoms with Crippen molar-refractivity contribution in [3.05, 3.63) is 35.4 Å². The van der Waals surface area contributed by atoms with Crippen molar-refractivity contribution >= 4 is 18.3 Å². The van der Waals surface area contributed by atoms with Crippen molar-refractivity contribution < 1.29 is 4.79 Å². The molecular formula is C17H27ClN2O. The maximum atomic E-state index is 12.4. The lowest BCUT2D eigenvalue weighted by atomic mass is 9.94. The molecule has 1 N–H and O–H groups in total. The Morgan fingerprint density at radius 2 is 2.00 bits per heavy atom. The quantitative estimate of drug-likeness (QED) is 0.845. The molecule has 1 aliphatic heterocycles. The van der Waals surface area contributed by atoms with Crippen molar-refractivity contribution in [3.8, 4) is 0 Å². The van der Waals surface area contributed by atoms with Crippen LogP contribution in [0.4, 0.5) is 0 Å². The molecule has 1 heterocycles. The number of nitrogens with zero attached hydrogens (tertiary/aromatic N) is 1. The van der Waals surface area contributed by atoms with E-state index in [1.807, 2.05) is 7.05 Å². The number of piperidine rings is 1. The molecule has 1 atom stereocenters. The van der Waals surface area contributed by atoms with E-state index in [-0.39, 0.29) is 18.4 Å². The highest BCUT2D eigenvalue weighted by Crippen LogP contribution is 2.31. The summed E-state index contributed by atoms with van der Waals surface area (Å²) in [7, 11) is 1.93. The zero-order valence-electron chi connectivity index (χ0n) is 13.1. The van der Waals surface area contributed by atoms with Crippen LogP contribution in [-0.4, -0.2) is 30.9 Å². The molecule has 3 nitrogen and oxygen atoms in total. The summed E-state index contributed by atoms with van der Waals surface area (Å²) < 4.78 is 0. The molecule has 0 aromatic heterocycles. The number of carbonyl (C=O) groups excluding carboxylic acids is 1. The van der Waals surface area contributed by atoms with E-state index >= 15 is 0 Å². The van der Waals surface area contributed by atoms with Crippen molar-refractivity contribution in [2.24, 2.45) is 0 Å². The second-order valence-corrected chi connectivity index (χ2v) is 5.72. The average molecular weight is 311 g/mol. The Morgan fingerprint density at radius 1 is 1.29 bits per heavy atom. The molecule has 0 radical (unpaired) electrons. The van der Waals surface area contributed by atoms with Crippen LogP contribution in [0.15, 0.2) is 24.3 Å². The summed E-state index contributed by atoms with van der Waals surface area (Å²) in [5, 5.41) is 3.10. The third-order valence-electron chi connectivity index (χ3n) is 4.10. The highest BCUT2D eigenvalue weighted by Gasteiger charge is 2.27. The molecule has 1 amide bonds. The molecule has 0 spiro atoms. The number of carbonyl (C=O) groups is 1. The molecule has 1 saturated heterocycles. The zero-order valence-corrected chi connectivity index (χ0v) is 13.9. The summed E-state index contributed by atoms with van der Waals surface area (Å²) in [5.74, 6) is 0.311. The van der Waals surface area contributed by atoms with Gasteiger partial charge in [-0.2, -0.15) is 0 Å². The van der Waals surface area contributed by atoms with E-state index in [0.717, 1.165) is 32.4 Å². The van der Waals surface area contributed by atoms with Crippen LogP contribution in [-0.2, 0) is 4.79 Å². The molecule has 4 heteroatoms. The molecule has 2 rings (SSSR count). The number of halogens is 1. The Bertz CT molecular complexity index is 433. The van der Waals surface area contributed by atoms with Gasteiger partial charge in [-0.25, -0.2) is 0 Å². The highest BCUT2D eigenvalue weighted by molar-refractivity contribution is 5.85. The largest absolute Gasteiger partial charge is 0.336 e. The summed E-state index contributed by atoms with van der Waals surface area (Å²) in [6.07, 6.45) is 5.04. The van der Waals surface area contributed by atoms with Crippen LogP contribution < -0.4 is 5.32 Å². The third kappa shape index (κ3) is 5.01. The van der Waals surface area contributed by atoms with Crippen LogP contribution in [0.3, 0.4) is 0 Å². The number of hydrogen-bond donors (Lipinski definition) is 1. The van der Waals surface area contributed by atoms with Crippen LogP contribution in [0.25, 0.3) is 0 Å². The molecule has 1 aliphatic rings. The molecule has 1 aromatic rings. The molecule has 118 valence electrons. The fraction of sp³-hybridized carbons (Fsp3) is 0.588. The van der Waals surface area contributed by atoms with Gasteiger partial charge in [-0.15, -0.1) is 12.4 Å². The van der Waals surface area contributed by atoms with Gasteiger partial charge in [-0.3, -0.25) is 4.79 Å². The van der Waals surface area contributed by atoms with Gasteiger partial charge >= 0.3 is 0 Å². The van der Waals surface area contributed by atoms with E-state index in [1.54, 1.807) is 0 Å². The van der Waals surface area contributed by atoms with Gasteiger partial charge in [0.05, 0.1) is 6.04 Å². The van der Waals surface area contributed by atoms with Gasteiger partial charge < -0.3 is 10.2 Å². The number of aryl methyl sites for hydroxylation is 1. The van der Waals surface area contributed by atoms with Gasteiger partial charge in [0.25, 0.3) is 0 Å². The minimum Gasteiger partial charge on any atom is -0.336 e. The van der Waals surface area contributed by atoms with Gasteiger partial charge in [-0.1, -0.05) is 29.8 Å².